The predicted octanol–water partition coefficient (Wildman–Crippen LogP) is 2.78. The van der Waals surface area contributed by atoms with E-state index in [-0.39, 0.29) is 6.03 Å². The SMILES string of the molecule is CC1CCN(C(=O)n2nnc3cc(Cl)ccc32)CC1. The number of hydrogen-bond donors (Lipinski definition) is 0. The van der Waals surface area contributed by atoms with Crippen LogP contribution in [0.15, 0.2) is 18.2 Å². The van der Waals surface area contributed by atoms with Crippen molar-refractivity contribution in [3.05, 3.63) is 23.2 Å². The molecule has 2 aromatic rings. The highest BCUT2D eigenvalue weighted by molar-refractivity contribution is 6.31. The summed E-state index contributed by atoms with van der Waals surface area (Å²) >= 11 is 5.90. The summed E-state index contributed by atoms with van der Waals surface area (Å²) in [6.45, 7) is 3.79. The van der Waals surface area contributed by atoms with Crippen LogP contribution in [0.4, 0.5) is 4.79 Å². The molecule has 0 unspecified atom stereocenters. The van der Waals surface area contributed by atoms with Gasteiger partial charge in [0.1, 0.15) is 5.52 Å². The summed E-state index contributed by atoms with van der Waals surface area (Å²) < 4.78 is 1.36. The van der Waals surface area contributed by atoms with Crippen molar-refractivity contribution in [2.75, 3.05) is 13.1 Å². The Morgan fingerprint density at radius 2 is 2.11 bits per heavy atom. The van der Waals surface area contributed by atoms with Gasteiger partial charge in [-0.1, -0.05) is 23.7 Å². The van der Waals surface area contributed by atoms with Crippen LogP contribution >= 0.6 is 11.6 Å². The van der Waals surface area contributed by atoms with E-state index < -0.39 is 0 Å². The summed E-state index contributed by atoms with van der Waals surface area (Å²) in [5, 5.41) is 8.53. The Morgan fingerprint density at radius 1 is 1.37 bits per heavy atom. The van der Waals surface area contributed by atoms with Crippen LogP contribution < -0.4 is 0 Å². The van der Waals surface area contributed by atoms with E-state index in [2.05, 4.69) is 17.2 Å². The van der Waals surface area contributed by atoms with Crippen molar-refractivity contribution in [2.45, 2.75) is 19.8 Å². The van der Waals surface area contributed by atoms with Crippen LogP contribution in [0.25, 0.3) is 11.0 Å². The summed E-state index contributed by atoms with van der Waals surface area (Å²) in [6.07, 6.45) is 2.09. The van der Waals surface area contributed by atoms with Crippen LogP contribution in [-0.4, -0.2) is 39.0 Å². The Balaban J connectivity index is 1.89. The molecule has 5 nitrogen and oxygen atoms in total. The van der Waals surface area contributed by atoms with E-state index in [9.17, 15) is 4.79 Å². The molecule has 19 heavy (non-hydrogen) atoms. The molecule has 0 radical (unpaired) electrons. The highest BCUT2D eigenvalue weighted by Gasteiger charge is 2.23. The minimum absolute atomic E-state index is 0.100. The van der Waals surface area contributed by atoms with Gasteiger partial charge < -0.3 is 4.90 Å². The second-order valence-corrected chi connectivity index (χ2v) is 5.52. The molecular weight excluding hydrogens is 264 g/mol. The van der Waals surface area contributed by atoms with Gasteiger partial charge in [0.05, 0.1) is 5.52 Å². The number of carbonyl (C=O) groups is 1. The lowest BCUT2D eigenvalue weighted by atomic mass is 10.00. The number of halogens is 1. The summed E-state index contributed by atoms with van der Waals surface area (Å²) in [4.78, 5) is 14.3. The first-order valence-electron chi connectivity index (χ1n) is 6.45. The molecule has 100 valence electrons. The first-order valence-corrected chi connectivity index (χ1v) is 6.83. The number of piperidine rings is 1. The maximum atomic E-state index is 12.4. The summed E-state index contributed by atoms with van der Waals surface area (Å²) in [5.74, 6) is 0.690. The van der Waals surface area contributed by atoms with E-state index in [1.54, 1.807) is 18.2 Å². The molecule has 1 amide bonds. The normalized spacial score (nSPS) is 17.1. The summed E-state index contributed by atoms with van der Waals surface area (Å²) in [5.41, 5.74) is 1.35. The number of rotatable bonds is 0. The molecule has 1 aliphatic heterocycles. The molecule has 1 aromatic carbocycles. The molecule has 0 N–H and O–H groups in total. The van der Waals surface area contributed by atoms with Crippen molar-refractivity contribution >= 4 is 28.7 Å². The number of nitrogens with zero attached hydrogens (tertiary/aromatic N) is 4. The highest BCUT2D eigenvalue weighted by Crippen LogP contribution is 2.20. The van der Waals surface area contributed by atoms with E-state index in [0.717, 1.165) is 25.9 Å². The molecule has 3 rings (SSSR count). The van der Waals surface area contributed by atoms with Crippen LogP contribution in [0.5, 0.6) is 0 Å². The predicted molar refractivity (Wildman–Crippen MR) is 73.3 cm³/mol. The minimum atomic E-state index is -0.100. The Kier molecular flexibility index (Phi) is 3.14. The molecule has 0 spiro atoms. The topological polar surface area (TPSA) is 51.0 Å². The van der Waals surface area contributed by atoms with Gasteiger partial charge in [0.15, 0.2) is 0 Å². The van der Waals surface area contributed by atoms with Crippen molar-refractivity contribution in [3.8, 4) is 0 Å². The van der Waals surface area contributed by atoms with Crippen molar-refractivity contribution < 1.29 is 4.79 Å². The highest BCUT2D eigenvalue weighted by atomic mass is 35.5. The molecule has 1 saturated heterocycles. The Bertz CT molecular complexity index is 616. The summed E-state index contributed by atoms with van der Waals surface area (Å²) in [7, 11) is 0. The molecule has 2 heterocycles. The number of aromatic nitrogens is 3. The third kappa shape index (κ3) is 2.30. The van der Waals surface area contributed by atoms with Crippen LogP contribution in [0.1, 0.15) is 19.8 Å². The Hall–Kier alpha value is -1.62. The zero-order valence-electron chi connectivity index (χ0n) is 10.7. The van der Waals surface area contributed by atoms with Gasteiger partial charge in [-0.3, -0.25) is 0 Å². The Labute approximate surface area is 116 Å². The van der Waals surface area contributed by atoms with Gasteiger partial charge in [-0.05, 0) is 37.0 Å². The third-order valence-electron chi connectivity index (χ3n) is 3.64. The van der Waals surface area contributed by atoms with E-state index in [4.69, 9.17) is 11.6 Å². The van der Waals surface area contributed by atoms with Gasteiger partial charge in [-0.25, -0.2) is 4.79 Å². The van der Waals surface area contributed by atoms with Gasteiger partial charge in [0.2, 0.25) is 0 Å². The van der Waals surface area contributed by atoms with Gasteiger partial charge in [-0.2, -0.15) is 4.68 Å². The van der Waals surface area contributed by atoms with Gasteiger partial charge in [0.25, 0.3) is 0 Å². The zero-order chi connectivity index (χ0) is 13.4. The fourth-order valence-corrected chi connectivity index (χ4v) is 2.54. The van der Waals surface area contributed by atoms with E-state index in [0.29, 0.717) is 22.0 Å². The van der Waals surface area contributed by atoms with E-state index >= 15 is 0 Å². The average molecular weight is 279 g/mol. The number of fused-ring (bicyclic) bond motifs is 1. The molecule has 1 fully saturated rings. The van der Waals surface area contributed by atoms with Crippen molar-refractivity contribution in [1.82, 2.24) is 19.9 Å². The standard InChI is InChI=1S/C13H15ClN4O/c1-9-4-6-17(7-5-9)13(19)18-12-3-2-10(14)8-11(12)15-16-18/h2-3,8-9H,4-7H2,1H3. The van der Waals surface area contributed by atoms with E-state index in [1.165, 1.54) is 4.68 Å². The molecule has 0 bridgehead atoms. The van der Waals surface area contributed by atoms with Crippen LogP contribution in [0, 0.1) is 5.92 Å². The number of carbonyl (C=O) groups excluding carboxylic acids is 1. The number of hydrogen-bond acceptors (Lipinski definition) is 3. The maximum Gasteiger partial charge on any atom is 0.346 e. The second kappa shape index (κ2) is 4.81. The quantitative estimate of drug-likeness (QED) is 0.744. The average Bonchev–Trinajstić information content (AvgIpc) is 2.81. The lowest BCUT2D eigenvalue weighted by Gasteiger charge is -2.29. The van der Waals surface area contributed by atoms with Crippen molar-refractivity contribution in [3.63, 3.8) is 0 Å². The smallest absolute Gasteiger partial charge is 0.323 e. The molecule has 1 aliphatic rings. The van der Waals surface area contributed by atoms with Crippen molar-refractivity contribution in [2.24, 2.45) is 5.92 Å². The van der Waals surface area contributed by atoms with Crippen LogP contribution in [0.3, 0.4) is 0 Å². The van der Waals surface area contributed by atoms with Crippen LogP contribution in [0.2, 0.25) is 5.02 Å². The van der Waals surface area contributed by atoms with Gasteiger partial charge >= 0.3 is 6.03 Å². The molecule has 6 heteroatoms. The first-order chi connectivity index (χ1) is 9.15. The fraction of sp³-hybridized carbons (Fsp3) is 0.462. The lowest BCUT2D eigenvalue weighted by Crippen LogP contribution is -2.40. The summed E-state index contributed by atoms with van der Waals surface area (Å²) in [6, 6.07) is 5.14. The zero-order valence-corrected chi connectivity index (χ0v) is 11.5. The fourth-order valence-electron chi connectivity index (χ4n) is 2.37. The number of amides is 1. The number of benzene rings is 1. The monoisotopic (exact) mass is 278 g/mol. The van der Waals surface area contributed by atoms with Crippen LogP contribution in [-0.2, 0) is 0 Å². The van der Waals surface area contributed by atoms with Crippen molar-refractivity contribution in [1.29, 1.82) is 0 Å². The molecule has 0 atom stereocenters. The maximum absolute atomic E-state index is 12.4. The second-order valence-electron chi connectivity index (χ2n) is 5.09. The largest absolute Gasteiger partial charge is 0.346 e. The number of likely N-dealkylation sites (tertiary alicyclic amines) is 1. The van der Waals surface area contributed by atoms with Gasteiger partial charge in [-0.15, -0.1) is 5.10 Å². The molecular formula is C13H15ClN4O. The molecule has 1 aromatic heterocycles. The first kappa shape index (κ1) is 12.4. The minimum Gasteiger partial charge on any atom is -0.323 e. The van der Waals surface area contributed by atoms with E-state index in [1.807, 2.05) is 4.90 Å². The molecule has 0 aliphatic carbocycles. The van der Waals surface area contributed by atoms with Gasteiger partial charge in [0, 0.05) is 18.1 Å². The third-order valence-corrected chi connectivity index (χ3v) is 3.88. The molecule has 0 saturated carbocycles. The lowest BCUT2D eigenvalue weighted by molar-refractivity contribution is 0.173. The Morgan fingerprint density at radius 3 is 2.84 bits per heavy atom.